The van der Waals surface area contributed by atoms with Gasteiger partial charge in [-0.25, -0.2) is 0 Å². The van der Waals surface area contributed by atoms with Gasteiger partial charge in [0.05, 0.1) is 5.56 Å². The highest BCUT2D eigenvalue weighted by Crippen LogP contribution is 2.32. The molecule has 0 radical (unpaired) electrons. The highest BCUT2D eigenvalue weighted by atomic mass is 19.1. The number of oxime groups is 1. The van der Waals surface area contributed by atoms with Crippen LogP contribution in [0, 0.1) is 12.7 Å². The standard InChI is InChI=1S/C21H19FN4O4/c1-13-8-4-6-10-15(13)29-20-17(22)21(25-12-24-20)30-16-11-7-5-9-14(16)18(26-28-3)19(27)23-2/h4-12H,1-3H3,(H,23,27)/b26-18+. The minimum Gasteiger partial charge on any atom is -0.436 e. The van der Waals surface area contributed by atoms with Crippen LogP contribution in [-0.4, -0.2) is 35.7 Å². The Morgan fingerprint density at radius 3 is 2.23 bits per heavy atom. The lowest BCUT2D eigenvalue weighted by atomic mass is 10.1. The minimum atomic E-state index is -0.888. The van der Waals surface area contributed by atoms with Gasteiger partial charge in [-0.2, -0.15) is 14.4 Å². The maximum absolute atomic E-state index is 15.0. The maximum Gasteiger partial charge on any atom is 0.273 e. The average Bonchev–Trinajstić information content (AvgIpc) is 2.76. The van der Waals surface area contributed by atoms with E-state index in [9.17, 15) is 9.18 Å². The number of nitrogens with zero attached hydrogens (tertiary/aromatic N) is 3. The van der Waals surface area contributed by atoms with Gasteiger partial charge in [0.1, 0.15) is 24.9 Å². The van der Waals surface area contributed by atoms with Crippen LogP contribution in [0.5, 0.6) is 23.3 Å². The van der Waals surface area contributed by atoms with Crippen LogP contribution >= 0.6 is 0 Å². The lowest BCUT2D eigenvalue weighted by molar-refractivity contribution is -0.114. The molecule has 30 heavy (non-hydrogen) atoms. The van der Waals surface area contributed by atoms with Gasteiger partial charge in [0, 0.05) is 7.05 Å². The summed E-state index contributed by atoms with van der Waals surface area (Å²) in [5, 5.41) is 6.21. The lowest BCUT2D eigenvalue weighted by Crippen LogP contribution is -2.28. The van der Waals surface area contributed by atoms with Gasteiger partial charge in [0.2, 0.25) is 5.82 Å². The van der Waals surface area contributed by atoms with Crippen LogP contribution in [0.25, 0.3) is 0 Å². The summed E-state index contributed by atoms with van der Waals surface area (Å²) in [6, 6.07) is 13.6. The number of hydrogen-bond donors (Lipinski definition) is 1. The third-order valence-electron chi connectivity index (χ3n) is 4.00. The second-order valence-electron chi connectivity index (χ2n) is 5.97. The van der Waals surface area contributed by atoms with E-state index in [0.717, 1.165) is 11.9 Å². The monoisotopic (exact) mass is 410 g/mol. The van der Waals surface area contributed by atoms with Crippen molar-refractivity contribution in [1.82, 2.24) is 15.3 Å². The molecule has 1 aromatic heterocycles. The van der Waals surface area contributed by atoms with Gasteiger partial charge in [-0.3, -0.25) is 4.79 Å². The first-order valence-electron chi connectivity index (χ1n) is 8.89. The van der Waals surface area contributed by atoms with E-state index in [-0.39, 0.29) is 28.8 Å². The predicted molar refractivity (Wildman–Crippen MR) is 107 cm³/mol. The second-order valence-corrected chi connectivity index (χ2v) is 5.97. The second kappa shape index (κ2) is 9.46. The Bertz CT molecular complexity index is 1090. The van der Waals surface area contributed by atoms with Crippen molar-refractivity contribution in [2.45, 2.75) is 6.92 Å². The Labute approximate surface area is 172 Å². The summed E-state index contributed by atoms with van der Waals surface area (Å²) in [5.41, 5.74) is 1.06. The Morgan fingerprint density at radius 1 is 1.00 bits per heavy atom. The molecular weight excluding hydrogens is 391 g/mol. The molecule has 0 bridgehead atoms. The summed E-state index contributed by atoms with van der Waals surface area (Å²) in [6.45, 7) is 1.83. The van der Waals surface area contributed by atoms with E-state index in [2.05, 4.69) is 20.4 Å². The molecule has 3 rings (SSSR count). The number of aromatic nitrogens is 2. The fourth-order valence-electron chi connectivity index (χ4n) is 2.53. The molecule has 0 saturated carbocycles. The third-order valence-corrected chi connectivity index (χ3v) is 4.00. The predicted octanol–water partition coefficient (Wildman–Crippen LogP) is 3.61. The zero-order valence-corrected chi connectivity index (χ0v) is 16.5. The topological polar surface area (TPSA) is 94.9 Å². The fraction of sp³-hybridized carbons (Fsp3) is 0.143. The normalized spacial score (nSPS) is 11.0. The number of carbonyl (C=O) groups excluding carboxylic acids is 1. The highest BCUT2D eigenvalue weighted by molar-refractivity contribution is 6.45. The quantitative estimate of drug-likeness (QED) is 0.472. The van der Waals surface area contributed by atoms with Gasteiger partial charge in [0.15, 0.2) is 5.71 Å². The first kappa shape index (κ1) is 20.7. The van der Waals surface area contributed by atoms with E-state index in [0.29, 0.717) is 5.75 Å². The molecule has 1 N–H and O–H groups in total. The molecule has 2 aromatic carbocycles. The largest absolute Gasteiger partial charge is 0.436 e. The van der Waals surface area contributed by atoms with Crippen molar-refractivity contribution >= 4 is 11.6 Å². The number of aryl methyl sites for hydroxylation is 1. The summed E-state index contributed by atoms with van der Waals surface area (Å²) < 4.78 is 26.2. The molecule has 8 nitrogen and oxygen atoms in total. The highest BCUT2D eigenvalue weighted by Gasteiger charge is 2.21. The Balaban J connectivity index is 1.96. The van der Waals surface area contributed by atoms with E-state index in [1.54, 1.807) is 36.4 Å². The molecule has 0 atom stereocenters. The van der Waals surface area contributed by atoms with Gasteiger partial charge < -0.3 is 19.6 Å². The van der Waals surface area contributed by atoms with Crippen LogP contribution < -0.4 is 14.8 Å². The third kappa shape index (κ3) is 4.52. The molecule has 0 aliphatic rings. The van der Waals surface area contributed by atoms with Crippen molar-refractivity contribution in [2.75, 3.05) is 14.2 Å². The average molecular weight is 410 g/mol. The van der Waals surface area contributed by atoms with Crippen LogP contribution in [0.15, 0.2) is 60.0 Å². The molecule has 0 aliphatic carbocycles. The van der Waals surface area contributed by atoms with Crippen molar-refractivity contribution in [2.24, 2.45) is 5.16 Å². The van der Waals surface area contributed by atoms with E-state index in [1.165, 1.54) is 14.2 Å². The Hall–Kier alpha value is -4.01. The summed E-state index contributed by atoms with van der Waals surface area (Å²) in [5.74, 6) is -1.44. The molecule has 1 amide bonds. The number of halogens is 1. The molecule has 154 valence electrons. The zero-order chi connectivity index (χ0) is 21.5. The van der Waals surface area contributed by atoms with Crippen molar-refractivity contribution < 1.29 is 23.5 Å². The summed E-state index contributed by atoms with van der Waals surface area (Å²) >= 11 is 0. The Morgan fingerprint density at radius 2 is 1.60 bits per heavy atom. The SMILES string of the molecule is CNC(=O)/C(=N/OC)c1ccccc1Oc1ncnc(Oc2ccccc2C)c1F. The molecule has 0 aliphatic heterocycles. The van der Waals surface area contributed by atoms with E-state index < -0.39 is 11.7 Å². The number of carbonyl (C=O) groups is 1. The first-order valence-corrected chi connectivity index (χ1v) is 8.89. The number of rotatable bonds is 7. The number of ether oxygens (including phenoxy) is 2. The van der Waals surface area contributed by atoms with Crippen LogP contribution in [0.3, 0.4) is 0 Å². The summed E-state index contributed by atoms with van der Waals surface area (Å²) in [6.07, 6.45) is 1.12. The van der Waals surface area contributed by atoms with Crippen molar-refractivity contribution in [3.8, 4) is 23.3 Å². The van der Waals surface area contributed by atoms with Crippen molar-refractivity contribution in [1.29, 1.82) is 0 Å². The number of para-hydroxylation sites is 2. The summed E-state index contributed by atoms with van der Waals surface area (Å²) in [4.78, 5) is 24.6. The molecule has 9 heteroatoms. The van der Waals surface area contributed by atoms with Gasteiger partial charge in [-0.15, -0.1) is 0 Å². The maximum atomic E-state index is 15.0. The van der Waals surface area contributed by atoms with Gasteiger partial charge in [0.25, 0.3) is 17.7 Å². The van der Waals surface area contributed by atoms with E-state index in [1.807, 2.05) is 19.1 Å². The van der Waals surface area contributed by atoms with Crippen molar-refractivity contribution in [3.05, 3.63) is 71.8 Å². The van der Waals surface area contributed by atoms with E-state index >= 15 is 0 Å². The van der Waals surface area contributed by atoms with Crippen LogP contribution in [0.1, 0.15) is 11.1 Å². The fourth-order valence-corrected chi connectivity index (χ4v) is 2.53. The molecular formula is C21H19FN4O4. The molecule has 0 unspecified atom stereocenters. The number of likely N-dealkylation sites (N-methyl/N-ethyl adjacent to an activating group) is 1. The molecule has 0 fully saturated rings. The molecule has 3 aromatic rings. The van der Waals surface area contributed by atoms with Crippen LogP contribution in [-0.2, 0) is 9.63 Å². The van der Waals surface area contributed by atoms with Gasteiger partial charge >= 0.3 is 0 Å². The van der Waals surface area contributed by atoms with E-state index in [4.69, 9.17) is 14.3 Å². The first-order chi connectivity index (χ1) is 14.5. The van der Waals surface area contributed by atoms with Crippen LogP contribution in [0.2, 0.25) is 0 Å². The van der Waals surface area contributed by atoms with Gasteiger partial charge in [-0.05, 0) is 30.7 Å². The molecule has 1 heterocycles. The zero-order valence-electron chi connectivity index (χ0n) is 16.5. The molecule has 0 spiro atoms. The number of nitrogens with one attached hydrogen (secondary N) is 1. The lowest BCUT2D eigenvalue weighted by Gasteiger charge is -2.13. The number of hydrogen-bond acceptors (Lipinski definition) is 7. The van der Waals surface area contributed by atoms with Gasteiger partial charge in [-0.1, -0.05) is 35.5 Å². The van der Waals surface area contributed by atoms with Crippen LogP contribution in [0.4, 0.5) is 4.39 Å². The smallest absolute Gasteiger partial charge is 0.273 e. The number of benzene rings is 2. The summed E-state index contributed by atoms with van der Waals surface area (Å²) in [7, 11) is 2.77. The molecule has 0 saturated heterocycles. The van der Waals surface area contributed by atoms with Crippen molar-refractivity contribution in [3.63, 3.8) is 0 Å². The Kier molecular flexibility index (Phi) is 6.53. The minimum absolute atomic E-state index is 0.0403. The number of amides is 1.